The van der Waals surface area contributed by atoms with Crippen molar-refractivity contribution in [3.63, 3.8) is 0 Å². The number of hydrogen-bond acceptors (Lipinski definition) is 2. The first-order chi connectivity index (χ1) is 12.1. The van der Waals surface area contributed by atoms with E-state index in [9.17, 15) is 4.79 Å². The Morgan fingerprint density at radius 1 is 1.20 bits per heavy atom. The Morgan fingerprint density at radius 2 is 1.96 bits per heavy atom. The summed E-state index contributed by atoms with van der Waals surface area (Å²) in [5.74, 6) is 1.06. The van der Waals surface area contributed by atoms with Crippen LogP contribution in [0.2, 0.25) is 5.02 Å². The van der Waals surface area contributed by atoms with Gasteiger partial charge in [-0.2, -0.15) is 0 Å². The lowest BCUT2D eigenvalue weighted by Gasteiger charge is -2.24. The average molecular weight is 354 g/mol. The van der Waals surface area contributed by atoms with Crippen molar-refractivity contribution in [2.24, 2.45) is 0 Å². The number of rotatable bonds is 3. The summed E-state index contributed by atoms with van der Waals surface area (Å²) >= 11 is 6.39. The summed E-state index contributed by atoms with van der Waals surface area (Å²) in [6, 6.07) is 16.0. The molecular formula is C20H20ClN3O. The third-order valence-electron chi connectivity index (χ3n) is 4.93. The SMILES string of the molecule is CC(=O)N1CCC[C@@H]1c1nc2ccccc2n1Cc1ccccc1Cl. The summed E-state index contributed by atoms with van der Waals surface area (Å²) in [7, 11) is 0. The topological polar surface area (TPSA) is 38.1 Å². The summed E-state index contributed by atoms with van der Waals surface area (Å²) in [6.07, 6.45) is 1.96. The number of carbonyl (C=O) groups is 1. The lowest BCUT2D eigenvalue weighted by Crippen LogP contribution is -2.30. The van der Waals surface area contributed by atoms with Gasteiger partial charge in [0.05, 0.1) is 23.6 Å². The smallest absolute Gasteiger partial charge is 0.220 e. The van der Waals surface area contributed by atoms with Crippen LogP contribution in [0.25, 0.3) is 11.0 Å². The Labute approximate surface area is 152 Å². The molecule has 0 unspecified atom stereocenters. The van der Waals surface area contributed by atoms with Crippen molar-refractivity contribution in [1.29, 1.82) is 0 Å². The number of nitrogens with zero attached hydrogens (tertiary/aromatic N) is 3. The van der Waals surface area contributed by atoms with Gasteiger partial charge in [-0.05, 0) is 36.6 Å². The van der Waals surface area contributed by atoms with Crippen molar-refractivity contribution in [2.45, 2.75) is 32.4 Å². The summed E-state index contributed by atoms with van der Waals surface area (Å²) in [4.78, 5) is 18.9. The molecule has 0 spiro atoms. The van der Waals surface area contributed by atoms with Gasteiger partial charge in [0.25, 0.3) is 0 Å². The number of halogens is 1. The third-order valence-corrected chi connectivity index (χ3v) is 5.29. The first-order valence-corrected chi connectivity index (χ1v) is 8.98. The fourth-order valence-corrected chi connectivity index (χ4v) is 3.92. The molecule has 2 heterocycles. The van der Waals surface area contributed by atoms with Crippen molar-refractivity contribution in [3.05, 3.63) is 64.9 Å². The predicted octanol–water partition coefficient (Wildman–Crippen LogP) is 4.42. The second kappa shape index (κ2) is 6.52. The van der Waals surface area contributed by atoms with Crippen LogP contribution in [-0.2, 0) is 11.3 Å². The fourth-order valence-electron chi connectivity index (χ4n) is 3.72. The van der Waals surface area contributed by atoms with E-state index >= 15 is 0 Å². The third kappa shape index (κ3) is 2.91. The van der Waals surface area contributed by atoms with Gasteiger partial charge < -0.3 is 9.47 Å². The van der Waals surface area contributed by atoms with E-state index in [1.165, 1.54) is 0 Å². The lowest BCUT2D eigenvalue weighted by atomic mass is 10.2. The number of carbonyl (C=O) groups excluding carboxylic acids is 1. The van der Waals surface area contributed by atoms with Crippen LogP contribution in [0.5, 0.6) is 0 Å². The van der Waals surface area contributed by atoms with E-state index in [1.54, 1.807) is 6.92 Å². The number of aromatic nitrogens is 2. The Morgan fingerprint density at radius 3 is 2.76 bits per heavy atom. The highest BCUT2D eigenvalue weighted by Crippen LogP contribution is 2.34. The summed E-state index contributed by atoms with van der Waals surface area (Å²) < 4.78 is 2.21. The van der Waals surface area contributed by atoms with Crippen LogP contribution in [0.15, 0.2) is 48.5 Å². The molecule has 2 aromatic carbocycles. The van der Waals surface area contributed by atoms with Crippen LogP contribution in [0.1, 0.15) is 37.2 Å². The van der Waals surface area contributed by atoms with E-state index in [4.69, 9.17) is 16.6 Å². The van der Waals surface area contributed by atoms with Gasteiger partial charge in [0, 0.05) is 18.5 Å². The zero-order chi connectivity index (χ0) is 17.4. The van der Waals surface area contributed by atoms with Crippen LogP contribution in [-0.4, -0.2) is 26.9 Å². The Kier molecular flexibility index (Phi) is 4.22. The van der Waals surface area contributed by atoms with Crippen LogP contribution in [0, 0.1) is 0 Å². The average Bonchev–Trinajstić information content (AvgIpc) is 3.22. The lowest BCUT2D eigenvalue weighted by molar-refractivity contribution is -0.129. The highest BCUT2D eigenvalue weighted by Gasteiger charge is 2.32. The predicted molar refractivity (Wildman–Crippen MR) is 99.6 cm³/mol. The maximum Gasteiger partial charge on any atom is 0.220 e. The summed E-state index contributed by atoms with van der Waals surface area (Å²) in [6.45, 7) is 3.09. The van der Waals surface area contributed by atoms with Gasteiger partial charge in [-0.25, -0.2) is 4.98 Å². The van der Waals surface area contributed by atoms with Crippen molar-refractivity contribution in [3.8, 4) is 0 Å². The molecular weight excluding hydrogens is 334 g/mol. The quantitative estimate of drug-likeness (QED) is 0.699. The molecule has 128 valence electrons. The molecule has 0 bridgehead atoms. The fraction of sp³-hybridized carbons (Fsp3) is 0.300. The van der Waals surface area contributed by atoms with Gasteiger partial charge in [-0.1, -0.05) is 41.9 Å². The molecule has 3 aromatic rings. The van der Waals surface area contributed by atoms with E-state index in [2.05, 4.69) is 10.6 Å². The zero-order valence-electron chi connectivity index (χ0n) is 14.2. The molecule has 0 aliphatic carbocycles. The largest absolute Gasteiger partial charge is 0.333 e. The normalized spacial score (nSPS) is 17.4. The van der Waals surface area contributed by atoms with Crippen LogP contribution >= 0.6 is 11.6 Å². The standard InChI is InChI=1S/C20H20ClN3O/c1-14(25)23-12-6-11-19(23)20-22-17-9-4-5-10-18(17)24(20)13-15-7-2-3-8-16(15)21/h2-5,7-10,19H,6,11-13H2,1H3/t19-/m1/s1. The second-order valence-electron chi connectivity index (χ2n) is 6.51. The molecule has 25 heavy (non-hydrogen) atoms. The molecule has 5 heteroatoms. The molecule has 1 aromatic heterocycles. The second-order valence-corrected chi connectivity index (χ2v) is 6.91. The highest BCUT2D eigenvalue weighted by atomic mass is 35.5. The van der Waals surface area contributed by atoms with Crippen molar-refractivity contribution < 1.29 is 4.79 Å². The van der Waals surface area contributed by atoms with Gasteiger partial charge >= 0.3 is 0 Å². The zero-order valence-corrected chi connectivity index (χ0v) is 14.9. The van der Waals surface area contributed by atoms with Crippen molar-refractivity contribution in [1.82, 2.24) is 14.5 Å². The van der Waals surface area contributed by atoms with Crippen LogP contribution in [0.3, 0.4) is 0 Å². The minimum atomic E-state index is 0.0346. The number of fused-ring (bicyclic) bond motifs is 1. The maximum absolute atomic E-state index is 12.0. The van der Waals surface area contributed by atoms with E-state index in [0.717, 1.165) is 46.8 Å². The molecule has 1 aliphatic heterocycles. The number of amides is 1. The number of hydrogen-bond donors (Lipinski definition) is 0. The Balaban J connectivity index is 1.84. The summed E-state index contributed by atoms with van der Waals surface area (Å²) in [5.41, 5.74) is 3.09. The Hall–Kier alpha value is -2.33. The molecule has 4 rings (SSSR count). The number of para-hydroxylation sites is 2. The van der Waals surface area contributed by atoms with E-state index < -0.39 is 0 Å². The van der Waals surface area contributed by atoms with Gasteiger partial charge in [0.2, 0.25) is 5.91 Å². The maximum atomic E-state index is 12.0. The molecule has 0 saturated carbocycles. The minimum absolute atomic E-state index is 0.0346. The van der Waals surface area contributed by atoms with Gasteiger partial charge in [0.15, 0.2) is 0 Å². The Bertz CT molecular complexity index is 934. The number of benzene rings is 2. The van der Waals surface area contributed by atoms with Crippen LogP contribution < -0.4 is 0 Å². The molecule has 1 amide bonds. The first kappa shape index (κ1) is 16.2. The van der Waals surface area contributed by atoms with Gasteiger partial charge in [-0.15, -0.1) is 0 Å². The minimum Gasteiger partial charge on any atom is -0.333 e. The molecule has 0 radical (unpaired) electrons. The van der Waals surface area contributed by atoms with Crippen LogP contribution in [0.4, 0.5) is 0 Å². The first-order valence-electron chi connectivity index (χ1n) is 8.61. The number of imidazole rings is 1. The van der Waals surface area contributed by atoms with Crippen molar-refractivity contribution >= 4 is 28.5 Å². The molecule has 1 atom stereocenters. The number of likely N-dealkylation sites (tertiary alicyclic amines) is 1. The van der Waals surface area contributed by atoms with E-state index in [0.29, 0.717) is 6.54 Å². The van der Waals surface area contributed by atoms with Gasteiger partial charge in [0.1, 0.15) is 5.82 Å². The molecule has 1 fully saturated rings. The van der Waals surface area contributed by atoms with E-state index in [-0.39, 0.29) is 11.9 Å². The van der Waals surface area contributed by atoms with E-state index in [1.807, 2.05) is 47.4 Å². The molecule has 0 N–H and O–H groups in total. The summed E-state index contributed by atoms with van der Waals surface area (Å²) in [5, 5.41) is 0.751. The van der Waals surface area contributed by atoms with Gasteiger partial charge in [-0.3, -0.25) is 4.79 Å². The monoisotopic (exact) mass is 353 g/mol. The molecule has 1 aliphatic rings. The highest BCUT2D eigenvalue weighted by molar-refractivity contribution is 6.31. The molecule has 4 nitrogen and oxygen atoms in total. The van der Waals surface area contributed by atoms with Crippen molar-refractivity contribution in [2.75, 3.05) is 6.54 Å². The molecule has 1 saturated heterocycles.